The van der Waals surface area contributed by atoms with Crippen molar-refractivity contribution in [2.75, 3.05) is 6.61 Å². The first-order valence-electron chi connectivity index (χ1n) is 5.41. The van der Waals surface area contributed by atoms with Gasteiger partial charge in [0.05, 0.1) is 18.2 Å². The molecule has 0 atom stereocenters. The molecule has 2 aliphatic carbocycles. The fourth-order valence-corrected chi connectivity index (χ4v) is 2.29. The molecule has 0 unspecified atom stereocenters. The number of hydrogen-bond donors (Lipinski definition) is 2. The van der Waals surface area contributed by atoms with Gasteiger partial charge in [0.25, 0.3) is 0 Å². The monoisotopic (exact) mass is 208 g/mol. The zero-order valence-electron chi connectivity index (χ0n) is 8.92. The second-order valence-corrected chi connectivity index (χ2v) is 5.10. The van der Waals surface area contributed by atoms with Crippen molar-refractivity contribution in [3.63, 3.8) is 0 Å². The molecule has 0 radical (unpaired) electrons. The summed E-state index contributed by atoms with van der Waals surface area (Å²) in [5.41, 5.74) is -1.22. The summed E-state index contributed by atoms with van der Waals surface area (Å²) < 4.78 is 0. The number of rotatable bonds is 3. The number of carbonyl (C=O) groups excluding carboxylic acids is 1. The lowest BCUT2D eigenvalue weighted by molar-refractivity contribution is -0.135. The quantitative estimate of drug-likeness (QED) is 0.712. The van der Waals surface area contributed by atoms with Crippen LogP contribution in [0.3, 0.4) is 0 Å². The van der Waals surface area contributed by atoms with Gasteiger partial charge in [-0.15, -0.1) is 0 Å². The first-order chi connectivity index (χ1) is 7.06. The number of amides is 1. The fourth-order valence-electron chi connectivity index (χ4n) is 2.29. The van der Waals surface area contributed by atoms with Crippen LogP contribution >= 0.6 is 0 Å². The maximum atomic E-state index is 11.9. The highest BCUT2D eigenvalue weighted by Gasteiger charge is 2.53. The Labute approximate surface area is 89.3 Å². The minimum atomic E-state index is -0.815. The lowest BCUT2D eigenvalue weighted by Gasteiger charge is -2.40. The molecule has 0 bridgehead atoms. The van der Waals surface area contributed by atoms with E-state index in [0.29, 0.717) is 18.8 Å². The van der Waals surface area contributed by atoms with Crippen LogP contribution in [0.4, 0.5) is 0 Å². The molecule has 0 saturated heterocycles. The number of nitrogens with zero attached hydrogens (tertiary/aromatic N) is 1. The lowest BCUT2D eigenvalue weighted by Crippen LogP contribution is -2.52. The number of nitrogens with one attached hydrogen (secondary N) is 1. The number of carbonyl (C=O) groups is 1. The molecule has 0 heterocycles. The predicted octanol–water partition coefficient (Wildman–Crippen LogP) is 0.567. The molecule has 0 aromatic carbocycles. The second-order valence-electron chi connectivity index (χ2n) is 5.10. The van der Waals surface area contributed by atoms with E-state index in [-0.39, 0.29) is 12.5 Å². The molecule has 2 N–H and O–H groups in total. The molecule has 0 aromatic rings. The van der Waals surface area contributed by atoms with Crippen molar-refractivity contribution in [2.24, 2.45) is 11.3 Å². The van der Waals surface area contributed by atoms with E-state index in [0.717, 1.165) is 12.8 Å². The molecule has 82 valence electrons. The Balaban J connectivity index is 1.99. The van der Waals surface area contributed by atoms with Crippen molar-refractivity contribution in [3.8, 4) is 6.07 Å². The Bertz CT molecular complexity index is 322. The molecule has 2 rings (SSSR count). The highest BCUT2D eigenvalue weighted by atomic mass is 16.3. The minimum Gasteiger partial charge on any atom is -0.394 e. The SMILES string of the molecule is CC1CC(C#N)(C(=O)NC2(CO)CC2)C1. The largest absolute Gasteiger partial charge is 0.394 e. The predicted molar refractivity (Wildman–Crippen MR) is 53.6 cm³/mol. The smallest absolute Gasteiger partial charge is 0.241 e. The van der Waals surface area contributed by atoms with Crippen LogP contribution in [0, 0.1) is 22.7 Å². The van der Waals surface area contributed by atoms with E-state index in [1.807, 2.05) is 6.92 Å². The van der Waals surface area contributed by atoms with E-state index in [1.54, 1.807) is 0 Å². The lowest BCUT2D eigenvalue weighted by atomic mass is 9.63. The summed E-state index contributed by atoms with van der Waals surface area (Å²) in [4.78, 5) is 11.9. The highest BCUT2D eigenvalue weighted by Crippen LogP contribution is 2.46. The standard InChI is InChI=1S/C11H16N2O2/c1-8-4-10(5-8,6-12)9(15)13-11(7-14)2-3-11/h8,14H,2-5,7H2,1H3,(H,13,15). The number of aliphatic hydroxyl groups excluding tert-OH is 1. The van der Waals surface area contributed by atoms with Crippen LogP contribution in [-0.4, -0.2) is 23.2 Å². The molecule has 2 saturated carbocycles. The van der Waals surface area contributed by atoms with Crippen molar-refractivity contribution in [1.82, 2.24) is 5.32 Å². The van der Waals surface area contributed by atoms with Gasteiger partial charge in [0.15, 0.2) is 0 Å². The maximum absolute atomic E-state index is 11.9. The fraction of sp³-hybridized carbons (Fsp3) is 0.818. The molecular weight excluding hydrogens is 192 g/mol. The summed E-state index contributed by atoms with van der Waals surface area (Å²) in [5.74, 6) is 0.273. The summed E-state index contributed by atoms with van der Waals surface area (Å²) in [5, 5.41) is 21.0. The van der Waals surface area contributed by atoms with Gasteiger partial charge in [-0.3, -0.25) is 4.79 Å². The summed E-state index contributed by atoms with van der Waals surface area (Å²) >= 11 is 0. The average Bonchev–Trinajstić information content (AvgIpc) is 2.93. The third-order valence-electron chi connectivity index (χ3n) is 3.58. The number of hydrogen-bond acceptors (Lipinski definition) is 3. The van der Waals surface area contributed by atoms with Crippen LogP contribution in [0.5, 0.6) is 0 Å². The number of aliphatic hydroxyl groups is 1. The van der Waals surface area contributed by atoms with Gasteiger partial charge < -0.3 is 10.4 Å². The van der Waals surface area contributed by atoms with Crippen LogP contribution < -0.4 is 5.32 Å². The van der Waals surface area contributed by atoms with E-state index < -0.39 is 11.0 Å². The van der Waals surface area contributed by atoms with E-state index in [2.05, 4.69) is 11.4 Å². The molecule has 0 spiro atoms. The molecule has 0 aromatic heterocycles. The van der Waals surface area contributed by atoms with Crippen LogP contribution in [0.15, 0.2) is 0 Å². The molecule has 4 heteroatoms. The minimum absolute atomic E-state index is 0.0181. The van der Waals surface area contributed by atoms with Crippen molar-refractivity contribution >= 4 is 5.91 Å². The van der Waals surface area contributed by atoms with E-state index in [4.69, 9.17) is 10.4 Å². The van der Waals surface area contributed by atoms with E-state index in [1.165, 1.54) is 0 Å². The van der Waals surface area contributed by atoms with Crippen molar-refractivity contribution in [1.29, 1.82) is 5.26 Å². The molecule has 4 nitrogen and oxygen atoms in total. The maximum Gasteiger partial charge on any atom is 0.241 e. The molecule has 15 heavy (non-hydrogen) atoms. The van der Waals surface area contributed by atoms with Gasteiger partial charge in [0.1, 0.15) is 5.41 Å². The Hall–Kier alpha value is -1.08. The topological polar surface area (TPSA) is 73.1 Å². The van der Waals surface area contributed by atoms with Crippen LogP contribution in [0.25, 0.3) is 0 Å². The zero-order valence-corrected chi connectivity index (χ0v) is 8.92. The molecule has 1 amide bonds. The molecule has 0 aliphatic heterocycles. The van der Waals surface area contributed by atoms with Crippen molar-refractivity contribution in [2.45, 2.75) is 38.1 Å². The van der Waals surface area contributed by atoms with Crippen LogP contribution in [0.1, 0.15) is 32.6 Å². The average molecular weight is 208 g/mol. The summed E-state index contributed by atoms with van der Waals surface area (Å²) in [6.07, 6.45) is 2.95. The normalized spacial score (nSPS) is 36.2. The van der Waals surface area contributed by atoms with E-state index >= 15 is 0 Å². The Morgan fingerprint density at radius 1 is 1.60 bits per heavy atom. The van der Waals surface area contributed by atoms with Gasteiger partial charge >= 0.3 is 0 Å². The Morgan fingerprint density at radius 2 is 2.20 bits per heavy atom. The van der Waals surface area contributed by atoms with Crippen molar-refractivity contribution < 1.29 is 9.90 Å². The molecular formula is C11H16N2O2. The second kappa shape index (κ2) is 3.21. The molecule has 2 aliphatic rings. The highest BCUT2D eigenvalue weighted by molar-refractivity contribution is 5.87. The third kappa shape index (κ3) is 1.61. The summed E-state index contributed by atoms with van der Waals surface area (Å²) in [7, 11) is 0. The summed E-state index contributed by atoms with van der Waals surface area (Å²) in [6.45, 7) is 2.03. The van der Waals surface area contributed by atoms with Gasteiger partial charge in [0, 0.05) is 0 Å². The first-order valence-corrected chi connectivity index (χ1v) is 5.41. The van der Waals surface area contributed by atoms with Crippen LogP contribution in [-0.2, 0) is 4.79 Å². The van der Waals surface area contributed by atoms with Gasteiger partial charge in [0.2, 0.25) is 5.91 Å². The number of nitriles is 1. The summed E-state index contributed by atoms with van der Waals surface area (Å²) in [6, 6.07) is 2.13. The van der Waals surface area contributed by atoms with Crippen molar-refractivity contribution in [3.05, 3.63) is 0 Å². The van der Waals surface area contributed by atoms with Gasteiger partial charge in [-0.05, 0) is 31.6 Å². The first kappa shape index (κ1) is 10.4. The van der Waals surface area contributed by atoms with Crippen LogP contribution in [0.2, 0.25) is 0 Å². The van der Waals surface area contributed by atoms with Gasteiger partial charge in [-0.2, -0.15) is 5.26 Å². The Kier molecular flexibility index (Phi) is 2.23. The molecule has 2 fully saturated rings. The zero-order chi connectivity index (χ0) is 11.1. The van der Waals surface area contributed by atoms with Gasteiger partial charge in [-0.25, -0.2) is 0 Å². The Morgan fingerprint density at radius 3 is 2.53 bits per heavy atom. The van der Waals surface area contributed by atoms with Gasteiger partial charge in [-0.1, -0.05) is 6.92 Å². The van der Waals surface area contributed by atoms with E-state index in [9.17, 15) is 4.79 Å². The third-order valence-corrected chi connectivity index (χ3v) is 3.58.